The molecule has 4 nitrogen and oxygen atoms in total. The van der Waals surface area contributed by atoms with Gasteiger partial charge in [-0.2, -0.15) is 0 Å². The van der Waals surface area contributed by atoms with Gasteiger partial charge in [-0.15, -0.1) is 11.8 Å². The van der Waals surface area contributed by atoms with Crippen LogP contribution < -0.4 is 5.32 Å². The number of thioether (sulfide) groups is 1. The summed E-state index contributed by atoms with van der Waals surface area (Å²) in [6.07, 6.45) is 0.108. The van der Waals surface area contributed by atoms with E-state index in [-0.39, 0.29) is 11.7 Å². The Morgan fingerprint density at radius 3 is 2.44 bits per heavy atom. The average Bonchev–Trinajstić information content (AvgIpc) is 2.61. The van der Waals surface area contributed by atoms with E-state index in [9.17, 15) is 9.59 Å². The Morgan fingerprint density at radius 2 is 1.80 bits per heavy atom. The molecule has 2 aromatic rings. The van der Waals surface area contributed by atoms with Crippen LogP contribution in [0.5, 0.6) is 0 Å². The molecule has 0 saturated carbocycles. The first-order chi connectivity index (χ1) is 12.0. The molecule has 2 aromatic carbocycles. The maximum absolute atomic E-state index is 12.1. The summed E-state index contributed by atoms with van der Waals surface area (Å²) in [7, 11) is 0. The van der Waals surface area contributed by atoms with Crippen LogP contribution in [0.15, 0.2) is 53.4 Å². The minimum atomic E-state index is -0.837. The molecule has 1 amide bonds. The molecule has 0 unspecified atom stereocenters. The van der Waals surface area contributed by atoms with Crippen LogP contribution in [0.4, 0.5) is 5.69 Å². The zero-order chi connectivity index (χ0) is 18.2. The zero-order valence-corrected chi connectivity index (χ0v) is 15.6. The molecule has 0 aromatic heterocycles. The third-order valence-electron chi connectivity index (χ3n) is 3.75. The molecule has 0 aliphatic rings. The van der Waals surface area contributed by atoms with Crippen molar-refractivity contribution in [2.45, 2.75) is 38.2 Å². The Kier molecular flexibility index (Phi) is 7.07. The topological polar surface area (TPSA) is 55.4 Å². The van der Waals surface area contributed by atoms with Crippen molar-refractivity contribution >= 4 is 29.3 Å². The second kappa shape index (κ2) is 9.28. The summed E-state index contributed by atoms with van der Waals surface area (Å²) in [6.45, 7) is 5.64. The van der Waals surface area contributed by atoms with Crippen molar-refractivity contribution in [3.8, 4) is 0 Å². The van der Waals surface area contributed by atoms with Crippen molar-refractivity contribution in [3.05, 3.63) is 59.7 Å². The van der Waals surface area contributed by atoms with E-state index in [1.54, 1.807) is 6.92 Å². The second-order valence-electron chi connectivity index (χ2n) is 5.73. The van der Waals surface area contributed by atoms with E-state index >= 15 is 0 Å². The first-order valence-corrected chi connectivity index (χ1v) is 9.26. The van der Waals surface area contributed by atoms with Crippen molar-refractivity contribution in [1.29, 1.82) is 0 Å². The number of amides is 1. The molecule has 2 rings (SSSR count). The molecule has 0 fully saturated rings. The van der Waals surface area contributed by atoms with Gasteiger partial charge in [0.1, 0.15) is 0 Å². The first-order valence-electron chi connectivity index (χ1n) is 8.27. The van der Waals surface area contributed by atoms with Crippen LogP contribution in [-0.4, -0.2) is 23.7 Å². The predicted molar refractivity (Wildman–Crippen MR) is 102 cm³/mol. The lowest BCUT2D eigenvalue weighted by molar-refractivity contribution is -0.150. The van der Waals surface area contributed by atoms with Gasteiger partial charge in [0.05, 0.1) is 5.75 Å². The fourth-order valence-electron chi connectivity index (χ4n) is 2.21. The van der Waals surface area contributed by atoms with Gasteiger partial charge in [-0.3, -0.25) is 9.59 Å². The van der Waals surface area contributed by atoms with Gasteiger partial charge >= 0.3 is 5.97 Å². The fourth-order valence-corrected chi connectivity index (χ4v) is 3.02. The number of nitrogens with one attached hydrogen (secondary N) is 1. The van der Waals surface area contributed by atoms with Crippen molar-refractivity contribution < 1.29 is 14.3 Å². The van der Waals surface area contributed by atoms with Crippen LogP contribution in [0.25, 0.3) is 0 Å². The predicted octanol–water partition coefficient (Wildman–Crippen LogP) is 4.22. The van der Waals surface area contributed by atoms with Crippen LogP contribution >= 0.6 is 11.8 Å². The Bertz CT molecular complexity index is 728. The van der Waals surface area contributed by atoms with E-state index in [0.717, 1.165) is 16.9 Å². The number of hydrogen-bond acceptors (Lipinski definition) is 4. The molecule has 132 valence electrons. The van der Waals surface area contributed by atoms with Gasteiger partial charge in [0.2, 0.25) is 0 Å². The van der Waals surface area contributed by atoms with Gasteiger partial charge in [0.25, 0.3) is 5.91 Å². The summed E-state index contributed by atoms with van der Waals surface area (Å²) in [5.41, 5.74) is 3.01. The molecule has 25 heavy (non-hydrogen) atoms. The van der Waals surface area contributed by atoms with E-state index in [2.05, 4.69) is 12.2 Å². The fraction of sp³-hybridized carbons (Fsp3) is 0.300. The number of hydrogen-bond donors (Lipinski definition) is 1. The largest absolute Gasteiger partial charge is 0.452 e. The molecule has 1 atom stereocenters. The summed E-state index contributed by atoms with van der Waals surface area (Å²) in [5.74, 6) is -0.566. The zero-order valence-electron chi connectivity index (χ0n) is 14.7. The molecular weight excluding hydrogens is 334 g/mol. The van der Waals surface area contributed by atoms with Gasteiger partial charge in [0.15, 0.2) is 6.10 Å². The SMILES string of the molecule is CCc1ccc(NC(=O)[C@H](C)OC(=O)CSc2ccccc2C)cc1. The lowest BCUT2D eigenvalue weighted by Crippen LogP contribution is -2.30. The van der Waals surface area contributed by atoms with Gasteiger partial charge < -0.3 is 10.1 Å². The van der Waals surface area contributed by atoms with Crippen LogP contribution in [0.2, 0.25) is 0 Å². The molecule has 0 aliphatic heterocycles. The lowest BCUT2D eigenvalue weighted by atomic mass is 10.1. The first kappa shape index (κ1) is 19.1. The standard InChI is InChI=1S/C20H23NO3S/c1-4-16-9-11-17(12-10-16)21-20(23)15(3)24-19(22)13-25-18-8-6-5-7-14(18)2/h5-12,15H,4,13H2,1-3H3,(H,21,23)/t15-/m0/s1. The highest BCUT2D eigenvalue weighted by molar-refractivity contribution is 8.00. The van der Waals surface area contributed by atoms with Gasteiger partial charge in [0, 0.05) is 10.6 Å². The Balaban J connectivity index is 1.81. The van der Waals surface area contributed by atoms with E-state index in [1.165, 1.54) is 17.3 Å². The highest BCUT2D eigenvalue weighted by Gasteiger charge is 2.18. The number of esters is 1. The Labute approximate surface area is 153 Å². The summed E-state index contributed by atoms with van der Waals surface area (Å²) in [5, 5.41) is 2.76. The molecule has 0 bridgehead atoms. The van der Waals surface area contributed by atoms with Crippen molar-refractivity contribution in [2.24, 2.45) is 0 Å². The number of aryl methyl sites for hydroxylation is 2. The monoisotopic (exact) mass is 357 g/mol. The number of carbonyl (C=O) groups excluding carboxylic acids is 2. The van der Waals surface area contributed by atoms with Gasteiger partial charge in [-0.1, -0.05) is 37.3 Å². The third-order valence-corrected chi connectivity index (χ3v) is 4.90. The van der Waals surface area contributed by atoms with Crippen molar-refractivity contribution in [3.63, 3.8) is 0 Å². The summed E-state index contributed by atoms with van der Waals surface area (Å²) in [6, 6.07) is 15.5. The molecule has 0 radical (unpaired) electrons. The summed E-state index contributed by atoms with van der Waals surface area (Å²) in [4.78, 5) is 25.1. The van der Waals surface area contributed by atoms with Crippen molar-refractivity contribution in [1.82, 2.24) is 0 Å². The number of benzene rings is 2. The quantitative estimate of drug-likeness (QED) is 0.595. The molecule has 0 spiro atoms. The maximum Gasteiger partial charge on any atom is 0.317 e. The van der Waals surface area contributed by atoms with Crippen LogP contribution in [0.3, 0.4) is 0 Å². The number of rotatable bonds is 7. The smallest absolute Gasteiger partial charge is 0.317 e. The number of carbonyl (C=O) groups is 2. The minimum Gasteiger partial charge on any atom is -0.452 e. The minimum absolute atomic E-state index is 0.174. The number of anilines is 1. The summed E-state index contributed by atoms with van der Waals surface area (Å²) >= 11 is 1.41. The van der Waals surface area contributed by atoms with Crippen LogP contribution in [0.1, 0.15) is 25.0 Å². The van der Waals surface area contributed by atoms with Crippen molar-refractivity contribution in [2.75, 3.05) is 11.1 Å². The third kappa shape index (κ3) is 5.94. The average molecular weight is 357 g/mol. The summed E-state index contributed by atoms with van der Waals surface area (Å²) < 4.78 is 5.22. The molecule has 0 saturated heterocycles. The van der Waals surface area contributed by atoms with E-state index < -0.39 is 12.1 Å². The molecular formula is C20H23NO3S. The van der Waals surface area contributed by atoms with E-state index in [1.807, 2.05) is 55.5 Å². The maximum atomic E-state index is 12.1. The van der Waals surface area contributed by atoms with E-state index in [4.69, 9.17) is 4.74 Å². The van der Waals surface area contributed by atoms with E-state index in [0.29, 0.717) is 5.69 Å². The lowest BCUT2D eigenvalue weighted by Gasteiger charge is -2.14. The number of ether oxygens (including phenoxy) is 1. The van der Waals surface area contributed by atoms with Gasteiger partial charge in [-0.25, -0.2) is 0 Å². The normalized spacial score (nSPS) is 11.6. The van der Waals surface area contributed by atoms with Gasteiger partial charge in [-0.05, 0) is 49.6 Å². The highest BCUT2D eigenvalue weighted by Crippen LogP contribution is 2.22. The second-order valence-corrected chi connectivity index (χ2v) is 6.74. The highest BCUT2D eigenvalue weighted by atomic mass is 32.2. The molecule has 5 heteroatoms. The Hall–Kier alpha value is -2.27. The van der Waals surface area contributed by atoms with Crippen LogP contribution in [-0.2, 0) is 20.7 Å². The molecule has 1 N–H and O–H groups in total. The molecule has 0 aliphatic carbocycles. The Morgan fingerprint density at radius 1 is 1.12 bits per heavy atom. The molecule has 0 heterocycles. The van der Waals surface area contributed by atoms with Crippen LogP contribution in [0, 0.1) is 6.92 Å².